The van der Waals surface area contributed by atoms with Gasteiger partial charge in [0.25, 0.3) is 0 Å². The number of rotatable bonds is 4. The van der Waals surface area contributed by atoms with Crippen LogP contribution in [0.1, 0.15) is 23.5 Å². The lowest BCUT2D eigenvalue weighted by molar-refractivity contribution is 0.477. The second kappa shape index (κ2) is 4.80. The van der Waals surface area contributed by atoms with Crippen molar-refractivity contribution in [3.05, 3.63) is 35.4 Å². The Balaban J connectivity index is 1.44. The van der Waals surface area contributed by atoms with Crippen LogP contribution in [0.25, 0.3) is 0 Å². The third-order valence-corrected chi connectivity index (χ3v) is 5.04. The highest BCUT2D eigenvalue weighted by molar-refractivity contribution is 7.99. The van der Waals surface area contributed by atoms with Crippen LogP contribution in [0.3, 0.4) is 0 Å². The van der Waals surface area contributed by atoms with E-state index in [0.717, 1.165) is 11.8 Å². The quantitative estimate of drug-likeness (QED) is 0.858. The van der Waals surface area contributed by atoms with Gasteiger partial charge in [-0.25, -0.2) is 0 Å². The van der Waals surface area contributed by atoms with E-state index in [4.69, 9.17) is 0 Å². The first kappa shape index (κ1) is 10.7. The van der Waals surface area contributed by atoms with Crippen molar-refractivity contribution >= 4 is 11.8 Å². The van der Waals surface area contributed by atoms with Crippen molar-refractivity contribution in [3.63, 3.8) is 0 Å². The molecule has 0 aromatic heterocycles. The highest BCUT2D eigenvalue weighted by atomic mass is 32.2. The number of thioether (sulfide) groups is 1. The maximum absolute atomic E-state index is 3.66. The van der Waals surface area contributed by atoms with Gasteiger partial charge in [0.1, 0.15) is 0 Å². The molecule has 1 aliphatic carbocycles. The first-order chi connectivity index (χ1) is 7.93. The first-order valence-corrected chi connectivity index (χ1v) is 7.45. The van der Waals surface area contributed by atoms with Gasteiger partial charge >= 0.3 is 0 Å². The Bertz CT molecular complexity index is 358. The molecule has 0 bridgehead atoms. The van der Waals surface area contributed by atoms with Crippen LogP contribution in [0, 0.1) is 5.92 Å². The number of fused-ring (bicyclic) bond motifs is 1. The molecule has 0 spiro atoms. The van der Waals surface area contributed by atoms with Crippen molar-refractivity contribution in [2.24, 2.45) is 5.92 Å². The summed E-state index contributed by atoms with van der Waals surface area (Å²) in [5.41, 5.74) is 3.14. The monoisotopic (exact) mass is 233 g/mol. The van der Waals surface area contributed by atoms with Crippen molar-refractivity contribution < 1.29 is 0 Å². The van der Waals surface area contributed by atoms with Gasteiger partial charge in [-0.1, -0.05) is 24.3 Å². The van der Waals surface area contributed by atoms with Crippen LogP contribution in [0.2, 0.25) is 0 Å². The lowest BCUT2D eigenvalue weighted by Crippen LogP contribution is -2.32. The van der Waals surface area contributed by atoms with E-state index in [2.05, 4.69) is 41.3 Å². The lowest BCUT2D eigenvalue weighted by atomic mass is 9.77. The summed E-state index contributed by atoms with van der Waals surface area (Å²) in [4.78, 5) is 0. The Morgan fingerprint density at radius 2 is 2.19 bits per heavy atom. The number of hydrogen-bond acceptors (Lipinski definition) is 2. The van der Waals surface area contributed by atoms with E-state index in [1.54, 1.807) is 11.1 Å². The minimum absolute atomic E-state index is 0.783. The smallest absolute Gasteiger partial charge is 0.00235 e. The van der Waals surface area contributed by atoms with Crippen LogP contribution in [0.5, 0.6) is 0 Å². The Hall–Kier alpha value is -0.470. The molecule has 2 atom stereocenters. The molecular weight excluding hydrogens is 214 g/mol. The fourth-order valence-electron chi connectivity index (χ4n) is 2.75. The van der Waals surface area contributed by atoms with E-state index >= 15 is 0 Å². The molecular formula is C14H19NS. The highest BCUT2D eigenvalue weighted by Crippen LogP contribution is 2.34. The maximum Gasteiger partial charge on any atom is 0.00235 e. The summed E-state index contributed by atoms with van der Waals surface area (Å²) in [5, 5.41) is 3.66. The van der Waals surface area contributed by atoms with Crippen LogP contribution in [0.15, 0.2) is 24.3 Å². The lowest BCUT2D eigenvalue weighted by Gasteiger charge is -2.30. The average molecular weight is 233 g/mol. The predicted molar refractivity (Wildman–Crippen MR) is 71.2 cm³/mol. The summed E-state index contributed by atoms with van der Waals surface area (Å²) in [6.45, 7) is 2.41. The molecule has 3 rings (SSSR count). The Morgan fingerprint density at radius 1 is 1.25 bits per heavy atom. The van der Waals surface area contributed by atoms with Gasteiger partial charge in [-0.3, -0.25) is 0 Å². The van der Waals surface area contributed by atoms with Gasteiger partial charge in [0.2, 0.25) is 0 Å². The van der Waals surface area contributed by atoms with E-state index in [-0.39, 0.29) is 0 Å². The molecule has 1 aromatic rings. The SMILES string of the molecule is c1ccc2c(c1)CC2CNCC1CCSC1. The van der Waals surface area contributed by atoms with Gasteiger partial charge in [-0.05, 0) is 47.9 Å². The van der Waals surface area contributed by atoms with E-state index in [9.17, 15) is 0 Å². The third kappa shape index (κ3) is 2.14. The minimum Gasteiger partial charge on any atom is -0.316 e. The largest absolute Gasteiger partial charge is 0.316 e. The predicted octanol–water partition coefficient (Wildman–Crippen LogP) is 2.67. The zero-order valence-corrected chi connectivity index (χ0v) is 10.4. The number of nitrogens with one attached hydrogen (secondary N) is 1. The average Bonchev–Trinajstić information content (AvgIpc) is 2.77. The van der Waals surface area contributed by atoms with Gasteiger partial charge < -0.3 is 5.32 Å². The maximum atomic E-state index is 3.66. The molecule has 1 aromatic carbocycles. The number of hydrogen-bond donors (Lipinski definition) is 1. The zero-order chi connectivity index (χ0) is 10.8. The Morgan fingerprint density at radius 3 is 3.00 bits per heavy atom. The fourth-order valence-corrected chi connectivity index (χ4v) is 4.04. The van der Waals surface area contributed by atoms with E-state index in [1.165, 1.54) is 37.4 Å². The molecule has 1 aliphatic heterocycles. The fraction of sp³-hybridized carbons (Fsp3) is 0.571. The van der Waals surface area contributed by atoms with E-state index in [0.29, 0.717) is 0 Å². The van der Waals surface area contributed by atoms with Crippen LogP contribution >= 0.6 is 11.8 Å². The topological polar surface area (TPSA) is 12.0 Å². The van der Waals surface area contributed by atoms with Crippen molar-refractivity contribution in [1.29, 1.82) is 0 Å². The second-order valence-corrected chi connectivity index (χ2v) is 6.14. The van der Waals surface area contributed by atoms with Crippen LogP contribution in [0.4, 0.5) is 0 Å². The zero-order valence-electron chi connectivity index (χ0n) is 9.61. The molecule has 0 radical (unpaired) electrons. The van der Waals surface area contributed by atoms with E-state index in [1.807, 2.05) is 0 Å². The highest BCUT2D eigenvalue weighted by Gasteiger charge is 2.25. The molecule has 86 valence electrons. The van der Waals surface area contributed by atoms with Gasteiger partial charge in [0.15, 0.2) is 0 Å². The molecule has 0 amide bonds. The van der Waals surface area contributed by atoms with Gasteiger partial charge in [-0.15, -0.1) is 0 Å². The van der Waals surface area contributed by atoms with Crippen molar-refractivity contribution in [2.45, 2.75) is 18.8 Å². The normalized spacial score (nSPS) is 27.5. The van der Waals surface area contributed by atoms with Gasteiger partial charge in [0, 0.05) is 12.5 Å². The van der Waals surface area contributed by atoms with Crippen molar-refractivity contribution in [3.8, 4) is 0 Å². The molecule has 2 heteroatoms. The summed E-state index contributed by atoms with van der Waals surface area (Å²) in [5.74, 6) is 4.46. The molecule has 1 saturated heterocycles. The summed E-state index contributed by atoms with van der Waals surface area (Å²) in [6, 6.07) is 8.87. The molecule has 16 heavy (non-hydrogen) atoms. The molecule has 1 nitrogen and oxygen atoms in total. The van der Waals surface area contributed by atoms with Gasteiger partial charge in [-0.2, -0.15) is 11.8 Å². The molecule has 1 heterocycles. The minimum atomic E-state index is 0.783. The first-order valence-electron chi connectivity index (χ1n) is 6.30. The van der Waals surface area contributed by atoms with Crippen molar-refractivity contribution in [2.75, 3.05) is 24.6 Å². The van der Waals surface area contributed by atoms with Crippen LogP contribution in [-0.2, 0) is 6.42 Å². The summed E-state index contributed by atoms with van der Waals surface area (Å²) in [6.07, 6.45) is 2.70. The molecule has 2 aliphatic rings. The molecule has 2 unspecified atom stereocenters. The van der Waals surface area contributed by atoms with Crippen molar-refractivity contribution in [1.82, 2.24) is 5.32 Å². The molecule has 0 saturated carbocycles. The summed E-state index contributed by atoms with van der Waals surface area (Å²) < 4.78 is 0. The summed E-state index contributed by atoms with van der Waals surface area (Å²) >= 11 is 2.11. The Kier molecular flexibility index (Phi) is 3.20. The number of benzene rings is 1. The second-order valence-electron chi connectivity index (χ2n) is 4.99. The molecule has 1 fully saturated rings. The van der Waals surface area contributed by atoms with E-state index < -0.39 is 0 Å². The van der Waals surface area contributed by atoms with Crippen LogP contribution < -0.4 is 5.32 Å². The van der Waals surface area contributed by atoms with Gasteiger partial charge in [0.05, 0.1) is 0 Å². The summed E-state index contributed by atoms with van der Waals surface area (Å²) in [7, 11) is 0. The molecule has 1 N–H and O–H groups in total. The van der Waals surface area contributed by atoms with Crippen LogP contribution in [-0.4, -0.2) is 24.6 Å². The third-order valence-electron chi connectivity index (χ3n) is 3.81. The standard InChI is InChI=1S/C14H19NS/c1-2-4-14-12(3-1)7-13(14)9-15-8-11-5-6-16-10-11/h1-4,11,13,15H,5-10H2. The Labute approximate surface area is 102 Å².